The second-order valence-electron chi connectivity index (χ2n) is 5.61. The van der Waals surface area contributed by atoms with Crippen molar-refractivity contribution in [1.82, 2.24) is 14.5 Å². The highest BCUT2D eigenvalue weighted by atomic mass is 19.1. The van der Waals surface area contributed by atoms with Gasteiger partial charge in [-0.3, -0.25) is 4.79 Å². The fourth-order valence-corrected chi connectivity index (χ4v) is 2.76. The lowest BCUT2D eigenvalue weighted by molar-refractivity contribution is -0.133. The molecule has 1 aromatic heterocycles. The number of aromatic nitrogens is 2. The molecule has 5 nitrogen and oxygen atoms in total. The number of nitrogens with two attached hydrogens (primary N) is 1. The van der Waals surface area contributed by atoms with Gasteiger partial charge < -0.3 is 15.2 Å². The van der Waals surface area contributed by atoms with Gasteiger partial charge >= 0.3 is 0 Å². The molecule has 0 fully saturated rings. The van der Waals surface area contributed by atoms with E-state index in [9.17, 15) is 9.18 Å². The number of carbonyl (C=O) groups is 1. The number of benzene rings is 1. The van der Waals surface area contributed by atoms with E-state index in [-0.39, 0.29) is 24.2 Å². The van der Waals surface area contributed by atoms with Crippen molar-refractivity contribution in [3.05, 3.63) is 53.9 Å². The van der Waals surface area contributed by atoms with Crippen LogP contribution in [0.1, 0.15) is 17.8 Å². The van der Waals surface area contributed by atoms with Gasteiger partial charge in [-0.1, -0.05) is 18.2 Å². The Bertz CT molecular complexity index is 670. The lowest BCUT2D eigenvalue weighted by Crippen LogP contribution is -2.41. The van der Waals surface area contributed by atoms with Crippen LogP contribution in [-0.2, 0) is 24.3 Å². The fourth-order valence-electron chi connectivity index (χ4n) is 2.76. The highest BCUT2D eigenvalue weighted by molar-refractivity contribution is 5.76. The molecule has 116 valence electrons. The van der Waals surface area contributed by atoms with E-state index in [1.807, 2.05) is 10.8 Å². The Labute approximate surface area is 128 Å². The molecule has 0 aliphatic carbocycles. The summed E-state index contributed by atoms with van der Waals surface area (Å²) < 4.78 is 15.7. The van der Waals surface area contributed by atoms with Gasteiger partial charge in [-0.25, -0.2) is 9.37 Å². The summed E-state index contributed by atoms with van der Waals surface area (Å²) in [7, 11) is 0. The van der Waals surface area contributed by atoms with Crippen LogP contribution < -0.4 is 5.73 Å². The minimum absolute atomic E-state index is 0.00177. The second kappa shape index (κ2) is 6.27. The molecule has 1 unspecified atom stereocenters. The van der Waals surface area contributed by atoms with E-state index in [1.165, 1.54) is 6.07 Å². The van der Waals surface area contributed by atoms with E-state index in [2.05, 4.69) is 4.98 Å². The summed E-state index contributed by atoms with van der Waals surface area (Å²) in [5, 5.41) is 0. The van der Waals surface area contributed by atoms with Crippen molar-refractivity contribution in [1.29, 1.82) is 0 Å². The molecule has 0 bridgehead atoms. The van der Waals surface area contributed by atoms with Crippen molar-refractivity contribution in [2.75, 3.05) is 6.54 Å². The normalized spacial score (nSPS) is 15.5. The van der Waals surface area contributed by atoms with Crippen molar-refractivity contribution in [2.45, 2.75) is 32.0 Å². The summed E-state index contributed by atoms with van der Waals surface area (Å²) in [5.74, 6) is 0.616. The van der Waals surface area contributed by atoms with Crippen LogP contribution in [0, 0.1) is 5.82 Å². The number of hydrogen-bond donors (Lipinski definition) is 1. The Kier molecular flexibility index (Phi) is 4.20. The van der Waals surface area contributed by atoms with Crippen LogP contribution in [0.3, 0.4) is 0 Å². The average molecular weight is 302 g/mol. The Hall–Kier alpha value is -2.21. The van der Waals surface area contributed by atoms with Crippen LogP contribution in [0.15, 0.2) is 36.7 Å². The second-order valence-corrected chi connectivity index (χ2v) is 5.61. The maximum Gasteiger partial charge on any atom is 0.224 e. The van der Waals surface area contributed by atoms with Crippen LogP contribution in [0.25, 0.3) is 0 Å². The topological polar surface area (TPSA) is 64.2 Å². The molecular formula is C16H19FN4O. The predicted octanol–water partition coefficient (Wildman–Crippen LogP) is 1.32. The number of rotatable bonds is 4. The third kappa shape index (κ3) is 3.17. The standard InChI is InChI=1S/C16H19FN4O/c17-14-4-2-1-3-12(14)9-13(18)10-16(22)21-8-7-20-6-5-19-15(20)11-21/h1-6,13H,7-11,18H2. The minimum Gasteiger partial charge on any atom is -0.333 e. The van der Waals surface area contributed by atoms with E-state index < -0.39 is 0 Å². The Balaban J connectivity index is 1.57. The van der Waals surface area contributed by atoms with Crippen molar-refractivity contribution in [2.24, 2.45) is 5.73 Å². The molecule has 0 saturated heterocycles. The molecule has 1 atom stereocenters. The SMILES string of the molecule is NC(CC(=O)N1CCn2ccnc2C1)Cc1ccccc1F. The molecule has 2 heterocycles. The van der Waals surface area contributed by atoms with Crippen LogP contribution >= 0.6 is 0 Å². The smallest absolute Gasteiger partial charge is 0.224 e. The first-order chi connectivity index (χ1) is 10.6. The third-order valence-corrected chi connectivity index (χ3v) is 3.97. The first kappa shape index (κ1) is 14.7. The molecule has 1 aliphatic rings. The van der Waals surface area contributed by atoms with Crippen LogP contribution in [-0.4, -0.2) is 32.9 Å². The van der Waals surface area contributed by atoms with Gasteiger partial charge in [-0.2, -0.15) is 0 Å². The lowest BCUT2D eigenvalue weighted by atomic mass is 10.0. The molecule has 2 aromatic rings. The van der Waals surface area contributed by atoms with Gasteiger partial charge in [0.2, 0.25) is 5.91 Å². The molecule has 1 amide bonds. The lowest BCUT2D eigenvalue weighted by Gasteiger charge is -2.28. The number of nitrogens with zero attached hydrogens (tertiary/aromatic N) is 3. The molecule has 1 aromatic carbocycles. The number of imidazole rings is 1. The summed E-state index contributed by atoms with van der Waals surface area (Å²) in [6.45, 7) is 1.93. The molecule has 22 heavy (non-hydrogen) atoms. The monoisotopic (exact) mass is 302 g/mol. The molecule has 0 radical (unpaired) electrons. The summed E-state index contributed by atoms with van der Waals surface area (Å²) in [6.07, 6.45) is 4.24. The first-order valence-electron chi connectivity index (χ1n) is 7.40. The summed E-state index contributed by atoms with van der Waals surface area (Å²) >= 11 is 0. The summed E-state index contributed by atoms with van der Waals surface area (Å²) in [5.41, 5.74) is 6.57. The third-order valence-electron chi connectivity index (χ3n) is 3.97. The van der Waals surface area contributed by atoms with E-state index in [4.69, 9.17) is 5.73 Å². The Morgan fingerprint density at radius 1 is 1.36 bits per heavy atom. The number of amides is 1. The Morgan fingerprint density at radius 3 is 3.00 bits per heavy atom. The van der Waals surface area contributed by atoms with Gasteiger partial charge in [0.25, 0.3) is 0 Å². The quantitative estimate of drug-likeness (QED) is 0.926. The first-order valence-corrected chi connectivity index (χ1v) is 7.40. The average Bonchev–Trinajstić information content (AvgIpc) is 2.97. The summed E-state index contributed by atoms with van der Waals surface area (Å²) in [6, 6.07) is 6.15. The molecule has 1 aliphatic heterocycles. The number of hydrogen-bond acceptors (Lipinski definition) is 3. The van der Waals surface area contributed by atoms with Crippen molar-refractivity contribution >= 4 is 5.91 Å². The Morgan fingerprint density at radius 2 is 2.18 bits per heavy atom. The number of halogens is 1. The number of fused-ring (bicyclic) bond motifs is 1. The van der Waals surface area contributed by atoms with Crippen LogP contribution in [0.2, 0.25) is 0 Å². The van der Waals surface area contributed by atoms with Crippen LogP contribution in [0.5, 0.6) is 0 Å². The maximum atomic E-state index is 13.6. The van der Waals surface area contributed by atoms with Gasteiger partial charge in [-0.05, 0) is 18.1 Å². The minimum atomic E-state index is -0.383. The maximum absolute atomic E-state index is 13.6. The van der Waals surface area contributed by atoms with E-state index in [0.29, 0.717) is 25.1 Å². The predicted molar refractivity (Wildman–Crippen MR) is 80.3 cm³/mol. The molecular weight excluding hydrogens is 283 g/mol. The van der Waals surface area contributed by atoms with Crippen LogP contribution in [0.4, 0.5) is 4.39 Å². The fraction of sp³-hybridized carbons (Fsp3) is 0.375. The zero-order valence-corrected chi connectivity index (χ0v) is 12.3. The van der Waals surface area contributed by atoms with Gasteiger partial charge in [0, 0.05) is 37.9 Å². The van der Waals surface area contributed by atoms with Gasteiger partial charge in [-0.15, -0.1) is 0 Å². The van der Waals surface area contributed by atoms with Gasteiger partial charge in [0.05, 0.1) is 6.54 Å². The van der Waals surface area contributed by atoms with E-state index in [0.717, 1.165) is 12.4 Å². The molecule has 6 heteroatoms. The van der Waals surface area contributed by atoms with Crippen molar-refractivity contribution < 1.29 is 9.18 Å². The zero-order chi connectivity index (χ0) is 15.5. The highest BCUT2D eigenvalue weighted by Gasteiger charge is 2.23. The molecule has 3 rings (SSSR count). The van der Waals surface area contributed by atoms with Crippen molar-refractivity contribution in [3.63, 3.8) is 0 Å². The van der Waals surface area contributed by atoms with Gasteiger partial charge in [0.15, 0.2) is 0 Å². The van der Waals surface area contributed by atoms with Crippen molar-refractivity contribution in [3.8, 4) is 0 Å². The van der Waals surface area contributed by atoms with E-state index in [1.54, 1.807) is 29.3 Å². The number of carbonyl (C=O) groups excluding carboxylic acids is 1. The highest BCUT2D eigenvalue weighted by Crippen LogP contribution is 2.14. The largest absolute Gasteiger partial charge is 0.333 e. The summed E-state index contributed by atoms with van der Waals surface area (Å²) in [4.78, 5) is 18.3. The zero-order valence-electron chi connectivity index (χ0n) is 12.3. The molecule has 0 saturated carbocycles. The molecule has 0 spiro atoms. The molecule has 2 N–H and O–H groups in total. The van der Waals surface area contributed by atoms with E-state index >= 15 is 0 Å². The van der Waals surface area contributed by atoms with Gasteiger partial charge in [0.1, 0.15) is 11.6 Å².